The van der Waals surface area contributed by atoms with Crippen LogP contribution in [0, 0.1) is 0 Å². The molecule has 0 saturated heterocycles. The van der Waals surface area contributed by atoms with Crippen molar-refractivity contribution in [2.75, 3.05) is 11.1 Å². The van der Waals surface area contributed by atoms with Crippen molar-refractivity contribution in [2.45, 2.75) is 57.8 Å². The fourth-order valence-electron chi connectivity index (χ4n) is 3.13. The molecule has 9 heteroatoms. The van der Waals surface area contributed by atoms with Gasteiger partial charge in [-0.05, 0) is 38.5 Å². The van der Waals surface area contributed by atoms with Crippen LogP contribution in [0.3, 0.4) is 0 Å². The smallest absolute Gasteiger partial charge is 0.262 e. The third-order valence-electron chi connectivity index (χ3n) is 4.63. The van der Waals surface area contributed by atoms with E-state index in [0.717, 1.165) is 19.3 Å². The van der Waals surface area contributed by atoms with Crippen molar-refractivity contribution in [1.82, 2.24) is 19.3 Å². The Hall–Kier alpha value is -2.32. The zero-order valence-corrected chi connectivity index (χ0v) is 19.0. The molecule has 7 nitrogen and oxygen atoms in total. The minimum Gasteiger partial charge on any atom is -0.310 e. The highest BCUT2D eigenvalue weighted by molar-refractivity contribution is 7.99. The molecule has 0 aliphatic rings. The number of rotatable bonds is 9. The molecule has 2 aromatic heterocycles. The third kappa shape index (κ3) is 5.23. The first kappa shape index (κ1) is 22.4. The zero-order chi connectivity index (χ0) is 21.7. The first-order valence-electron chi connectivity index (χ1n) is 10.1. The average molecular weight is 448 g/mol. The zero-order valence-electron chi connectivity index (χ0n) is 17.4. The van der Waals surface area contributed by atoms with Gasteiger partial charge in [0.25, 0.3) is 5.56 Å². The Morgan fingerprint density at radius 3 is 2.80 bits per heavy atom. The average Bonchev–Trinajstić information content (AvgIpc) is 3.16. The quantitative estimate of drug-likeness (QED) is 0.291. The Morgan fingerprint density at radius 2 is 2.07 bits per heavy atom. The Bertz CT molecular complexity index is 1090. The molecule has 160 valence electrons. The van der Waals surface area contributed by atoms with Crippen LogP contribution in [0.15, 0.2) is 40.4 Å². The number of carbonyl (C=O) groups is 1. The number of thioether (sulfide) groups is 1. The molecule has 0 aliphatic carbocycles. The topological polar surface area (TPSA) is 81.8 Å². The molecular weight excluding hydrogens is 422 g/mol. The maximum absolute atomic E-state index is 13.0. The van der Waals surface area contributed by atoms with Crippen molar-refractivity contribution in [3.63, 3.8) is 0 Å². The summed E-state index contributed by atoms with van der Waals surface area (Å²) < 4.78 is 3.42. The van der Waals surface area contributed by atoms with Crippen LogP contribution < -0.4 is 10.9 Å². The van der Waals surface area contributed by atoms with Gasteiger partial charge in [-0.2, -0.15) is 5.10 Å². The van der Waals surface area contributed by atoms with E-state index in [1.165, 1.54) is 11.8 Å². The summed E-state index contributed by atoms with van der Waals surface area (Å²) in [6.07, 6.45) is 4.61. The van der Waals surface area contributed by atoms with Gasteiger partial charge in [0, 0.05) is 23.7 Å². The first-order valence-corrected chi connectivity index (χ1v) is 11.4. The van der Waals surface area contributed by atoms with Crippen LogP contribution in [-0.2, 0) is 11.3 Å². The highest BCUT2D eigenvalue weighted by atomic mass is 35.5. The van der Waals surface area contributed by atoms with E-state index in [-0.39, 0.29) is 23.3 Å². The van der Waals surface area contributed by atoms with E-state index in [0.29, 0.717) is 33.4 Å². The van der Waals surface area contributed by atoms with E-state index in [2.05, 4.69) is 22.3 Å². The van der Waals surface area contributed by atoms with Gasteiger partial charge in [0.2, 0.25) is 5.91 Å². The molecule has 1 aromatic carbocycles. The summed E-state index contributed by atoms with van der Waals surface area (Å²) in [6, 6.07) is 6.98. The number of unbranched alkanes of at least 4 members (excludes halogenated alkanes) is 2. The van der Waals surface area contributed by atoms with Crippen molar-refractivity contribution in [3.8, 4) is 0 Å². The number of nitrogens with zero attached hydrogens (tertiary/aromatic N) is 4. The number of nitrogens with one attached hydrogen (secondary N) is 1. The molecule has 0 atom stereocenters. The molecule has 0 aliphatic heterocycles. The van der Waals surface area contributed by atoms with Crippen molar-refractivity contribution >= 4 is 46.0 Å². The summed E-state index contributed by atoms with van der Waals surface area (Å²) in [5.74, 6) is 0.604. The molecule has 3 rings (SSSR count). The first-order chi connectivity index (χ1) is 14.4. The van der Waals surface area contributed by atoms with E-state index in [1.54, 1.807) is 39.7 Å². The maximum Gasteiger partial charge on any atom is 0.262 e. The molecule has 1 amide bonds. The Kier molecular flexibility index (Phi) is 7.55. The number of halogens is 1. The van der Waals surface area contributed by atoms with Crippen LogP contribution in [0.2, 0.25) is 5.02 Å². The lowest BCUT2D eigenvalue weighted by molar-refractivity contribution is -0.113. The molecule has 1 N–H and O–H groups in total. The predicted octanol–water partition coefficient (Wildman–Crippen LogP) is 4.75. The Morgan fingerprint density at radius 1 is 1.27 bits per heavy atom. The lowest BCUT2D eigenvalue weighted by atomic mass is 10.2. The molecule has 0 radical (unpaired) electrons. The molecule has 0 unspecified atom stereocenters. The second kappa shape index (κ2) is 10.1. The summed E-state index contributed by atoms with van der Waals surface area (Å²) in [5, 5.41) is 8.68. The number of hydrogen-bond donors (Lipinski definition) is 1. The van der Waals surface area contributed by atoms with Gasteiger partial charge in [0.05, 0.1) is 22.9 Å². The van der Waals surface area contributed by atoms with Gasteiger partial charge >= 0.3 is 0 Å². The van der Waals surface area contributed by atoms with Crippen molar-refractivity contribution in [3.05, 3.63) is 45.8 Å². The summed E-state index contributed by atoms with van der Waals surface area (Å²) in [6.45, 7) is 6.68. The van der Waals surface area contributed by atoms with E-state index >= 15 is 0 Å². The Labute approximate surface area is 184 Å². The van der Waals surface area contributed by atoms with E-state index in [9.17, 15) is 9.59 Å². The summed E-state index contributed by atoms with van der Waals surface area (Å²) in [7, 11) is 0. The normalized spacial score (nSPS) is 11.4. The van der Waals surface area contributed by atoms with Gasteiger partial charge in [0.15, 0.2) is 5.16 Å². The van der Waals surface area contributed by atoms with Crippen LogP contribution in [0.25, 0.3) is 10.9 Å². The van der Waals surface area contributed by atoms with Gasteiger partial charge in [0.1, 0.15) is 5.82 Å². The van der Waals surface area contributed by atoms with E-state index in [4.69, 9.17) is 11.6 Å². The largest absolute Gasteiger partial charge is 0.310 e. The van der Waals surface area contributed by atoms with Crippen LogP contribution >= 0.6 is 23.4 Å². The van der Waals surface area contributed by atoms with Crippen LogP contribution in [0.5, 0.6) is 0 Å². The summed E-state index contributed by atoms with van der Waals surface area (Å²) in [5.41, 5.74) is 0.439. The van der Waals surface area contributed by atoms with Gasteiger partial charge in [-0.15, -0.1) is 0 Å². The number of aromatic nitrogens is 4. The van der Waals surface area contributed by atoms with E-state index in [1.807, 2.05) is 13.8 Å². The molecule has 0 fully saturated rings. The second-order valence-corrected chi connectivity index (χ2v) is 8.69. The SMILES string of the molecule is CCCCCn1c(SCC(=O)Nc2ccnn2C(C)C)nc2cc(Cl)ccc2c1=O. The second-order valence-electron chi connectivity index (χ2n) is 7.31. The lowest BCUT2D eigenvalue weighted by Gasteiger charge is -2.14. The van der Waals surface area contributed by atoms with Crippen LogP contribution in [0.4, 0.5) is 5.82 Å². The van der Waals surface area contributed by atoms with Gasteiger partial charge in [-0.25, -0.2) is 9.67 Å². The monoisotopic (exact) mass is 447 g/mol. The van der Waals surface area contributed by atoms with Crippen molar-refractivity contribution in [1.29, 1.82) is 0 Å². The molecule has 3 aromatic rings. The fraction of sp³-hybridized carbons (Fsp3) is 0.429. The molecule has 0 bridgehead atoms. The third-order valence-corrected chi connectivity index (χ3v) is 5.84. The minimum atomic E-state index is -0.178. The molecule has 0 spiro atoms. The standard InChI is InChI=1S/C21H26ClN5O2S/c1-4-5-6-11-26-20(29)16-8-7-15(22)12-17(16)24-21(26)30-13-19(28)25-18-9-10-23-27(18)14(2)3/h7-10,12,14H,4-6,11,13H2,1-3H3,(H,25,28). The minimum absolute atomic E-state index is 0.103. The number of anilines is 1. The predicted molar refractivity (Wildman–Crippen MR) is 123 cm³/mol. The van der Waals surface area contributed by atoms with Gasteiger partial charge in [-0.3, -0.25) is 14.2 Å². The maximum atomic E-state index is 13.0. The highest BCUT2D eigenvalue weighted by Gasteiger charge is 2.15. The number of hydrogen-bond acceptors (Lipinski definition) is 5. The molecule has 2 heterocycles. The summed E-state index contributed by atoms with van der Waals surface area (Å²) in [4.78, 5) is 30.2. The van der Waals surface area contributed by atoms with Gasteiger partial charge in [-0.1, -0.05) is 43.1 Å². The number of benzene rings is 1. The molecule has 30 heavy (non-hydrogen) atoms. The van der Waals surface area contributed by atoms with Crippen LogP contribution in [-0.4, -0.2) is 31.0 Å². The van der Waals surface area contributed by atoms with Gasteiger partial charge < -0.3 is 5.32 Å². The highest BCUT2D eigenvalue weighted by Crippen LogP contribution is 2.22. The van der Waals surface area contributed by atoms with E-state index < -0.39 is 0 Å². The van der Waals surface area contributed by atoms with Crippen molar-refractivity contribution < 1.29 is 4.79 Å². The number of fused-ring (bicyclic) bond motifs is 1. The molecule has 0 saturated carbocycles. The number of carbonyl (C=O) groups excluding carboxylic acids is 1. The number of amides is 1. The van der Waals surface area contributed by atoms with Crippen LogP contribution in [0.1, 0.15) is 46.1 Å². The van der Waals surface area contributed by atoms with Crippen molar-refractivity contribution in [2.24, 2.45) is 0 Å². The lowest BCUT2D eigenvalue weighted by Crippen LogP contribution is -2.24. The fourth-order valence-corrected chi connectivity index (χ4v) is 4.13. The summed E-state index contributed by atoms with van der Waals surface area (Å²) >= 11 is 7.34. The Balaban J connectivity index is 1.82. The molecular formula is C21H26ClN5O2S.